The summed E-state index contributed by atoms with van der Waals surface area (Å²) in [5.41, 5.74) is 5.32. The van der Waals surface area contributed by atoms with Gasteiger partial charge in [-0.3, -0.25) is 0 Å². The van der Waals surface area contributed by atoms with E-state index in [-0.39, 0.29) is 0 Å². The van der Waals surface area contributed by atoms with Gasteiger partial charge < -0.3 is 28.4 Å². The summed E-state index contributed by atoms with van der Waals surface area (Å²) in [7, 11) is 3.32. The highest BCUT2D eigenvalue weighted by molar-refractivity contribution is 7.27. The molecule has 8 nitrogen and oxygen atoms in total. The van der Waals surface area contributed by atoms with Crippen LogP contribution in [-0.2, 0) is 18.9 Å². The third kappa shape index (κ3) is 8.43. The molecule has 0 spiro atoms. The van der Waals surface area contributed by atoms with E-state index in [1.807, 2.05) is 48.5 Å². The first kappa shape index (κ1) is 33.2. The van der Waals surface area contributed by atoms with Crippen LogP contribution in [0.5, 0.6) is 11.5 Å². The molecule has 0 saturated heterocycles. The van der Waals surface area contributed by atoms with Crippen LogP contribution in [0.3, 0.4) is 0 Å². The summed E-state index contributed by atoms with van der Waals surface area (Å²) < 4.78 is 33.0. The number of benzene rings is 2. The van der Waals surface area contributed by atoms with Gasteiger partial charge in [-0.05, 0) is 71.4 Å². The van der Waals surface area contributed by atoms with Crippen LogP contribution in [0.4, 0.5) is 0 Å². The van der Waals surface area contributed by atoms with E-state index in [2.05, 4.69) is 35.0 Å². The Kier molecular flexibility index (Phi) is 12.0. The second-order valence-corrected chi connectivity index (χ2v) is 13.2. The zero-order valence-electron chi connectivity index (χ0n) is 26.3. The molecule has 0 atom stereocenters. The number of thiophene rings is 3. The lowest BCUT2D eigenvalue weighted by atomic mass is 10.0. The smallest absolute Gasteiger partial charge is 0.119 e. The first-order valence-electron chi connectivity index (χ1n) is 15.3. The van der Waals surface area contributed by atoms with E-state index in [9.17, 15) is 0 Å². The average molecular weight is 689 g/mol. The Morgan fingerprint density at radius 2 is 0.936 bits per heavy atom. The van der Waals surface area contributed by atoms with Crippen LogP contribution >= 0.6 is 34.0 Å². The number of nitrogens with zero attached hydrogens (tertiary/aromatic N) is 2. The standard InChI is InChI=1S/C36H36N2O6S3/c1-39-15-17-41-19-21-43-27-11-7-25(8-12-27)31-32(26-9-13-28(14-10-26)44-22-20-42-18-16-40-2)38-34-33(37-31)35(29-5-3-23-45-29)47-36(34)30-6-4-24-46-30/h3-14,23-24H,15-22H2,1-2H3. The minimum Gasteiger partial charge on any atom is -0.491 e. The van der Waals surface area contributed by atoms with E-state index >= 15 is 0 Å². The quantitative estimate of drug-likeness (QED) is 0.0832. The van der Waals surface area contributed by atoms with Gasteiger partial charge in [0.25, 0.3) is 0 Å². The molecular weight excluding hydrogens is 653 g/mol. The van der Waals surface area contributed by atoms with Crippen molar-refractivity contribution in [3.05, 3.63) is 83.6 Å². The number of rotatable bonds is 18. The number of methoxy groups -OCH3 is 2. The van der Waals surface area contributed by atoms with Gasteiger partial charge in [-0.2, -0.15) is 0 Å². The van der Waals surface area contributed by atoms with Gasteiger partial charge in [-0.1, -0.05) is 12.1 Å². The van der Waals surface area contributed by atoms with Crippen molar-refractivity contribution in [2.75, 3.05) is 67.1 Å². The molecule has 6 rings (SSSR count). The predicted molar refractivity (Wildman–Crippen MR) is 191 cm³/mol. The van der Waals surface area contributed by atoms with E-state index in [1.54, 1.807) is 48.2 Å². The summed E-state index contributed by atoms with van der Waals surface area (Å²) in [6.45, 7) is 4.12. The number of ether oxygens (including phenoxy) is 6. The second kappa shape index (κ2) is 16.9. The van der Waals surface area contributed by atoms with Gasteiger partial charge in [0.05, 0.1) is 60.8 Å². The third-order valence-electron chi connectivity index (χ3n) is 7.13. The van der Waals surface area contributed by atoms with E-state index in [1.165, 1.54) is 9.75 Å². The molecule has 0 aliphatic carbocycles. The molecule has 47 heavy (non-hydrogen) atoms. The lowest BCUT2D eigenvalue weighted by Gasteiger charge is -2.12. The normalized spacial score (nSPS) is 11.4. The minimum absolute atomic E-state index is 0.457. The second-order valence-electron chi connectivity index (χ2n) is 10.3. The van der Waals surface area contributed by atoms with Gasteiger partial charge in [0, 0.05) is 35.1 Å². The molecule has 0 fully saturated rings. The molecule has 0 aliphatic heterocycles. The maximum absolute atomic E-state index is 5.92. The first-order chi connectivity index (χ1) is 23.2. The van der Waals surface area contributed by atoms with E-state index in [0.29, 0.717) is 52.9 Å². The van der Waals surface area contributed by atoms with Crippen LogP contribution in [0.25, 0.3) is 53.1 Å². The molecule has 4 heterocycles. The summed E-state index contributed by atoms with van der Waals surface area (Å²) in [5, 5.41) is 4.20. The van der Waals surface area contributed by atoms with Crippen LogP contribution in [0, 0.1) is 0 Å². The molecule has 6 aromatic rings. The minimum atomic E-state index is 0.457. The monoisotopic (exact) mass is 688 g/mol. The van der Waals surface area contributed by atoms with Crippen molar-refractivity contribution in [3.63, 3.8) is 0 Å². The molecule has 0 unspecified atom stereocenters. The van der Waals surface area contributed by atoms with Gasteiger partial charge >= 0.3 is 0 Å². The molecule has 2 aromatic carbocycles. The van der Waals surface area contributed by atoms with Crippen molar-refractivity contribution in [2.24, 2.45) is 0 Å². The van der Waals surface area contributed by atoms with Crippen molar-refractivity contribution < 1.29 is 28.4 Å². The molecular formula is C36H36N2O6S3. The fraction of sp³-hybridized carbons (Fsp3) is 0.278. The van der Waals surface area contributed by atoms with Gasteiger partial charge in [-0.15, -0.1) is 34.0 Å². The van der Waals surface area contributed by atoms with Crippen molar-refractivity contribution in [3.8, 4) is 53.5 Å². The Hall–Kier alpha value is -3.68. The molecule has 11 heteroatoms. The highest BCUT2D eigenvalue weighted by atomic mass is 32.1. The summed E-state index contributed by atoms with van der Waals surface area (Å²) in [4.78, 5) is 15.4. The summed E-state index contributed by atoms with van der Waals surface area (Å²) in [5.74, 6) is 1.53. The fourth-order valence-corrected chi connectivity index (χ4v) is 7.73. The number of hydrogen-bond donors (Lipinski definition) is 0. The number of hydrogen-bond acceptors (Lipinski definition) is 11. The zero-order valence-corrected chi connectivity index (χ0v) is 28.8. The Morgan fingerprint density at radius 1 is 0.511 bits per heavy atom. The molecule has 0 aliphatic rings. The van der Waals surface area contributed by atoms with Crippen LogP contribution in [0.2, 0.25) is 0 Å². The predicted octanol–water partition coefficient (Wildman–Crippen LogP) is 8.57. The van der Waals surface area contributed by atoms with Gasteiger partial charge in [0.2, 0.25) is 0 Å². The van der Waals surface area contributed by atoms with E-state index in [0.717, 1.165) is 54.8 Å². The van der Waals surface area contributed by atoms with Gasteiger partial charge in [-0.25, -0.2) is 9.97 Å². The van der Waals surface area contributed by atoms with Crippen LogP contribution in [0.1, 0.15) is 0 Å². The summed E-state index contributed by atoms with van der Waals surface area (Å²) in [6, 6.07) is 24.5. The highest BCUT2D eigenvalue weighted by Crippen LogP contribution is 2.47. The van der Waals surface area contributed by atoms with Gasteiger partial charge in [0.1, 0.15) is 35.7 Å². The van der Waals surface area contributed by atoms with Crippen LogP contribution in [-0.4, -0.2) is 77.0 Å². The van der Waals surface area contributed by atoms with Gasteiger partial charge in [0.15, 0.2) is 0 Å². The molecule has 0 amide bonds. The Labute approximate surface area is 286 Å². The zero-order chi connectivity index (χ0) is 32.3. The van der Waals surface area contributed by atoms with E-state index in [4.69, 9.17) is 38.4 Å². The number of aromatic nitrogens is 2. The van der Waals surface area contributed by atoms with Crippen molar-refractivity contribution >= 4 is 45.0 Å². The molecule has 4 aromatic heterocycles. The summed E-state index contributed by atoms with van der Waals surface area (Å²) in [6.07, 6.45) is 0. The average Bonchev–Trinajstić information content (AvgIpc) is 3.90. The van der Waals surface area contributed by atoms with Crippen LogP contribution < -0.4 is 9.47 Å². The molecule has 0 radical (unpaired) electrons. The lowest BCUT2D eigenvalue weighted by molar-refractivity contribution is 0.0544. The Bertz CT molecular complexity index is 1670. The third-order valence-corrected chi connectivity index (χ3v) is 10.4. The topological polar surface area (TPSA) is 81.2 Å². The van der Waals surface area contributed by atoms with Crippen molar-refractivity contribution in [1.82, 2.24) is 9.97 Å². The number of fused-ring (bicyclic) bond motifs is 1. The molecule has 244 valence electrons. The van der Waals surface area contributed by atoms with Crippen molar-refractivity contribution in [2.45, 2.75) is 0 Å². The van der Waals surface area contributed by atoms with Crippen LogP contribution in [0.15, 0.2) is 83.6 Å². The SMILES string of the molecule is COCCOCCOc1ccc(-c2nc3c(-c4cccs4)sc(-c4cccs4)c3nc2-c2ccc(OCCOCCOC)cc2)cc1. The van der Waals surface area contributed by atoms with E-state index < -0.39 is 0 Å². The Balaban J connectivity index is 1.34. The lowest BCUT2D eigenvalue weighted by Crippen LogP contribution is -2.10. The Morgan fingerprint density at radius 3 is 1.32 bits per heavy atom. The first-order valence-corrected chi connectivity index (χ1v) is 17.8. The fourth-order valence-electron chi connectivity index (χ4n) is 4.85. The highest BCUT2D eigenvalue weighted by Gasteiger charge is 2.22. The summed E-state index contributed by atoms with van der Waals surface area (Å²) >= 11 is 5.18. The molecule has 0 bridgehead atoms. The largest absolute Gasteiger partial charge is 0.491 e. The molecule has 0 saturated carbocycles. The maximum atomic E-state index is 5.92. The maximum Gasteiger partial charge on any atom is 0.119 e. The van der Waals surface area contributed by atoms with Crippen molar-refractivity contribution in [1.29, 1.82) is 0 Å². The molecule has 0 N–H and O–H groups in total.